The standard InChI is InChI=1S/C14H27N.C2H6/c1-4-15-10-14(3)8-12-5-11(2)6-13(7-12)9-14;1-2/h11-13,15H,4-10H2,1-3H3;1-2H3. The molecule has 0 spiro atoms. The van der Waals surface area contributed by atoms with E-state index in [1.165, 1.54) is 38.6 Å². The van der Waals surface area contributed by atoms with Gasteiger partial charge in [-0.05, 0) is 61.8 Å². The van der Waals surface area contributed by atoms with Crippen LogP contribution in [0.3, 0.4) is 0 Å². The van der Waals surface area contributed by atoms with Crippen LogP contribution in [0, 0.1) is 23.2 Å². The van der Waals surface area contributed by atoms with Gasteiger partial charge in [0.05, 0.1) is 0 Å². The molecule has 2 aliphatic rings. The fourth-order valence-electron chi connectivity index (χ4n) is 4.28. The molecule has 2 fully saturated rings. The maximum Gasteiger partial charge on any atom is 0.000525 e. The maximum absolute atomic E-state index is 3.56. The van der Waals surface area contributed by atoms with E-state index < -0.39 is 0 Å². The summed E-state index contributed by atoms with van der Waals surface area (Å²) in [7, 11) is 0. The molecule has 0 heterocycles. The summed E-state index contributed by atoms with van der Waals surface area (Å²) in [5.74, 6) is 3.07. The Bertz CT molecular complexity index is 194. The van der Waals surface area contributed by atoms with Crippen molar-refractivity contribution in [1.29, 1.82) is 0 Å². The molecule has 0 amide bonds. The van der Waals surface area contributed by atoms with Crippen LogP contribution in [-0.4, -0.2) is 13.1 Å². The molecular formula is C16H33N. The molecule has 0 aromatic rings. The van der Waals surface area contributed by atoms with Gasteiger partial charge in [0.2, 0.25) is 0 Å². The number of fused-ring (bicyclic) bond motifs is 2. The molecule has 1 N–H and O–H groups in total. The molecule has 0 aliphatic heterocycles. The van der Waals surface area contributed by atoms with Gasteiger partial charge >= 0.3 is 0 Å². The van der Waals surface area contributed by atoms with Gasteiger partial charge in [-0.2, -0.15) is 0 Å². The zero-order chi connectivity index (χ0) is 12.9. The predicted octanol–water partition coefficient (Wildman–Crippen LogP) is 4.47. The van der Waals surface area contributed by atoms with E-state index in [0.29, 0.717) is 5.41 Å². The average molecular weight is 239 g/mol. The molecule has 1 heteroatoms. The van der Waals surface area contributed by atoms with Crippen LogP contribution in [0.1, 0.15) is 66.7 Å². The van der Waals surface area contributed by atoms with Crippen molar-refractivity contribution in [3.05, 3.63) is 0 Å². The molecule has 0 aromatic heterocycles. The number of nitrogens with one attached hydrogen (secondary N) is 1. The van der Waals surface area contributed by atoms with E-state index in [9.17, 15) is 0 Å². The molecule has 0 aromatic carbocycles. The zero-order valence-corrected chi connectivity index (χ0v) is 12.7. The van der Waals surface area contributed by atoms with Gasteiger partial charge in [0.25, 0.3) is 0 Å². The summed E-state index contributed by atoms with van der Waals surface area (Å²) in [6.07, 6.45) is 7.48. The van der Waals surface area contributed by atoms with Crippen molar-refractivity contribution in [2.75, 3.05) is 13.1 Å². The smallest absolute Gasteiger partial charge is 0.000525 e. The minimum Gasteiger partial charge on any atom is -0.316 e. The normalized spacial score (nSPS) is 40.4. The van der Waals surface area contributed by atoms with Crippen LogP contribution in [0.2, 0.25) is 0 Å². The highest BCUT2D eigenvalue weighted by Crippen LogP contribution is 2.49. The quantitative estimate of drug-likeness (QED) is 0.766. The van der Waals surface area contributed by atoms with Crippen LogP contribution in [0.15, 0.2) is 0 Å². The maximum atomic E-state index is 3.56. The fraction of sp³-hybridized carbons (Fsp3) is 1.00. The Morgan fingerprint density at radius 3 is 2.06 bits per heavy atom. The van der Waals surface area contributed by atoms with Gasteiger partial charge in [-0.3, -0.25) is 0 Å². The number of rotatable bonds is 3. The summed E-state index contributed by atoms with van der Waals surface area (Å²) in [6, 6.07) is 0. The highest BCUT2D eigenvalue weighted by Gasteiger charge is 2.40. The average Bonchev–Trinajstić information content (AvgIpc) is 2.27. The summed E-state index contributed by atoms with van der Waals surface area (Å²) >= 11 is 0. The third kappa shape index (κ3) is 4.28. The second kappa shape index (κ2) is 6.78. The zero-order valence-electron chi connectivity index (χ0n) is 12.7. The van der Waals surface area contributed by atoms with Crippen molar-refractivity contribution in [2.45, 2.75) is 66.7 Å². The second-order valence-electron chi connectivity index (χ2n) is 6.54. The minimum absolute atomic E-state index is 0.601. The molecule has 0 saturated heterocycles. The summed E-state index contributed by atoms with van der Waals surface area (Å²) in [5, 5.41) is 3.56. The van der Waals surface area contributed by atoms with Gasteiger partial charge < -0.3 is 5.32 Å². The first-order chi connectivity index (χ1) is 8.11. The third-order valence-corrected chi connectivity index (χ3v) is 4.50. The van der Waals surface area contributed by atoms with Gasteiger partial charge in [-0.25, -0.2) is 0 Å². The third-order valence-electron chi connectivity index (χ3n) is 4.50. The minimum atomic E-state index is 0.601. The van der Waals surface area contributed by atoms with Gasteiger partial charge in [0, 0.05) is 6.54 Å². The van der Waals surface area contributed by atoms with Gasteiger partial charge in [-0.15, -0.1) is 0 Å². The number of hydrogen-bond acceptors (Lipinski definition) is 1. The van der Waals surface area contributed by atoms with E-state index >= 15 is 0 Å². The van der Waals surface area contributed by atoms with Crippen LogP contribution in [0.25, 0.3) is 0 Å². The molecule has 2 unspecified atom stereocenters. The van der Waals surface area contributed by atoms with Crippen LogP contribution in [0.4, 0.5) is 0 Å². The molecule has 2 aliphatic carbocycles. The van der Waals surface area contributed by atoms with E-state index in [4.69, 9.17) is 0 Å². The predicted molar refractivity (Wildman–Crippen MR) is 77.2 cm³/mol. The SMILES string of the molecule is CC.CCNCC1(C)CC2CC(C)CC(C2)C1. The van der Waals surface area contributed by atoms with E-state index in [-0.39, 0.29) is 0 Å². The van der Waals surface area contributed by atoms with Gasteiger partial charge in [0.1, 0.15) is 0 Å². The Labute approximate surface area is 109 Å². The molecule has 2 bridgehead atoms. The van der Waals surface area contributed by atoms with E-state index in [2.05, 4.69) is 26.1 Å². The largest absolute Gasteiger partial charge is 0.316 e. The van der Waals surface area contributed by atoms with Crippen LogP contribution in [0.5, 0.6) is 0 Å². The van der Waals surface area contributed by atoms with Crippen molar-refractivity contribution < 1.29 is 0 Å². The molecule has 2 atom stereocenters. The molecule has 102 valence electrons. The van der Waals surface area contributed by atoms with E-state index in [1.807, 2.05) is 13.8 Å². The summed E-state index contributed by atoms with van der Waals surface area (Å²) in [5.41, 5.74) is 0.601. The molecule has 2 rings (SSSR count). The van der Waals surface area contributed by atoms with Crippen molar-refractivity contribution >= 4 is 0 Å². The molecular weight excluding hydrogens is 206 g/mol. The van der Waals surface area contributed by atoms with Crippen molar-refractivity contribution in [1.82, 2.24) is 5.32 Å². The first-order valence-electron chi connectivity index (χ1n) is 7.82. The first kappa shape index (κ1) is 15.0. The van der Waals surface area contributed by atoms with Crippen molar-refractivity contribution in [2.24, 2.45) is 23.2 Å². The Morgan fingerprint density at radius 2 is 1.59 bits per heavy atom. The van der Waals surface area contributed by atoms with Crippen molar-refractivity contribution in [3.63, 3.8) is 0 Å². The summed E-state index contributed by atoms with van der Waals surface area (Å²) < 4.78 is 0. The Kier molecular flexibility index (Phi) is 5.99. The lowest BCUT2D eigenvalue weighted by molar-refractivity contribution is 0.0469. The monoisotopic (exact) mass is 239 g/mol. The summed E-state index contributed by atoms with van der Waals surface area (Å²) in [6.45, 7) is 13.5. The lowest BCUT2D eigenvalue weighted by Crippen LogP contribution is -2.41. The first-order valence-corrected chi connectivity index (χ1v) is 7.82. The molecule has 2 saturated carbocycles. The van der Waals surface area contributed by atoms with Crippen molar-refractivity contribution in [3.8, 4) is 0 Å². The number of hydrogen-bond donors (Lipinski definition) is 1. The summed E-state index contributed by atoms with van der Waals surface area (Å²) in [4.78, 5) is 0. The highest BCUT2D eigenvalue weighted by molar-refractivity contribution is 4.92. The molecule has 1 nitrogen and oxygen atoms in total. The fourth-order valence-corrected chi connectivity index (χ4v) is 4.28. The molecule has 0 radical (unpaired) electrons. The Hall–Kier alpha value is -0.0400. The second-order valence-corrected chi connectivity index (χ2v) is 6.54. The molecule has 17 heavy (non-hydrogen) atoms. The van der Waals surface area contributed by atoms with Gasteiger partial charge in [-0.1, -0.05) is 34.6 Å². The van der Waals surface area contributed by atoms with Crippen LogP contribution >= 0.6 is 0 Å². The Balaban J connectivity index is 0.000000686. The van der Waals surface area contributed by atoms with E-state index in [0.717, 1.165) is 24.3 Å². The lowest BCUT2D eigenvalue weighted by atomic mass is 9.59. The Morgan fingerprint density at radius 1 is 1.06 bits per heavy atom. The topological polar surface area (TPSA) is 12.0 Å². The van der Waals surface area contributed by atoms with Crippen LogP contribution < -0.4 is 5.32 Å². The van der Waals surface area contributed by atoms with Crippen LogP contribution in [-0.2, 0) is 0 Å². The van der Waals surface area contributed by atoms with E-state index in [1.54, 1.807) is 0 Å². The van der Waals surface area contributed by atoms with Gasteiger partial charge in [0.15, 0.2) is 0 Å². The highest BCUT2D eigenvalue weighted by atomic mass is 14.9. The lowest BCUT2D eigenvalue weighted by Gasteiger charge is -2.47.